The van der Waals surface area contributed by atoms with Gasteiger partial charge in [0.2, 0.25) is 0 Å². The van der Waals surface area contributed by atoms with E-state index < -0.39 is 0 Å². The first kappa shape index (κ1) is 23.3. The van der Waals surface area contributed by atoms with E-state index in [1.807, 2.05) is 0 Å². The van der Waals surface area contributed by atoms with Gasteiger partial charge in [-0.1, -0.05) is 77.6 Å². The highest BCUT2D eigenvalue weighted by Gasteiger charge is 2.02. The molecule has 0 aromatic rings. The van der Waals surface area contributed by atoms with Crippen molar-refractivity contribution in [2.75, 3.05) is 18.1 Å². The maximum atomic E-state index is 11.5. The van der Waals surface area contributed by atoms with Gasteiger partial charge in [0.25, 0.3) is 0 Å². The summed E-state index contributed by atoms with van der Waals surface area (Å²) in [5, 5.41) is 8.41. The third-order valence-corrected chi connectivity index (χ3v) is 5.06. The Morgan fingerprint density at radius 2 is 1.42 bits per heavy atom. The van der Waals surface area contributed by atoms with E-state index in [1.54, 1.807) is 11.8 Å². The van der Waals surface area contributed by atoms with Gasteiger partial charge in [-0.3, -0.25) is 4.79 Å². The molecule has 0 N–H and O–H groups in total. The van der Waals surface area contributed by atoms with Crippen LogP contribution in [0.4, 0.5) is 0 Å². The molecule has 0 spiro atoms. The molecule has 0 atom stereocenters. The Kier molecular flexibility index (Phi) is 19.8. The maximum absolute atomic E-state index is 11.5. The minimum absolute atomic E-state index is 0.0949. The zero-order chi connectivity index (χ0) is 17.7. The Bertz CT molecular complexity index is 315. The van der Waals surface area contributed by atoms with Crippen LogP contribution in [0.5, 0.6) is 0 Å². The number of nitriles is 1. The molecule has 0 rings (SSSR count). The molecular weight excluding hydrogens is 318 g/mol. The van der Waals surface area contributed by atoms with E-state index in [9.17, 15) is 4.79 Å². The van der Waals surface area contributed by atoms with Crippen molar-refractivity contribution in [1.29, 1.82) is 5.26 Å². The predicted molar refractivity (Wildman–Crippen MR) is 104 cm³/mol. The number of rotatable bonds is 18. The molecule has 0 aliphatic carbocycles. The molecule has 0 heterocycles. The molecule has 0 saturated heterocycles. The van der Waals surface area contributed by atoms with Crippen LogP contribution in [0.3, 0.4) is 0 Å². The molecule has 0 fully saturated rings. The van der Waals surface area contributed by atoms with Crippen molar-refractivity contribution in [3.05, 3.63) is 0 Å². The monoisotopic (exact) mass is 355 g/mol. The largest absolute Gasteiger partial charge is 0.466 e. The zero-order valence-corrected chi connectivity index (χ0v) is 16.5. The van der Waals surface area contributed by atoms with Crippen LogP contribution in [0.1, 0.15) is 96.8 Å². The van der Waals surface area contributed by atoms with E-state index in [4.69, 9.17) is 10.00 Å². The van der Waals surface area contributed by atoms with Crippen LogP contribution >= 0.6 is 11.8 Å². The molecule has 4 heteroatoms. The molecule has 0 aliphatic rings. The summed E-state index contributed by atoms with van der Waals surface area (Å²) in [5.74, 6) is 1.48. The molecular formula is C20H37NO2S. The van der Waals surface area contributed by atoms with Gasteiger partial charge in [-0.2, -0.15) is 17.0 Å². The Balaban J connectivity index is 3.11. The average molecular weight is 356 g/mol. The van der Waals surface area contributed by atoms with Gasteiger partial charge in [0.15, 0.2) is 0 Å². The second-order valence-electron chi connectivity index (χ2n) is 6.38. The molecule has 0 unspecified atom stereocenters. The highest BCUT2D eigenvalue weighted by molar-refractivity contribution is 7.99. The number of hydrogen-bond acceptors (Lipinski definition) is 4. The minimum Gasteiger partial charge on any atom is -0.466 e. The number of thioether (sulfide) groups is 1. The molecule has 140 valence electrons. The lowest BCUT2D eigenvalue weighted by molar-refractivity contribution is -0.143. The molecule has 3 nitrogen and oxygen atoms in total. The van der Waals surface area contributed by atoms with Crippen molar-refractivity contribution in [3.63, 3.8) is 0 Å². The van der Waals surface area contributed by atoms with Crippen molar-refractivity contribution in [2.45, 2.75) is 96.8 Å². The van der Waals surface area contributed by atoms with Crippen LogP contribution < -0.4 is 0 Å². The second kappa shape index (κ2) is 20.4. The number of unbranched alkanes of at least 4 members (excludes halogenated alkanes) is 11. The summed E-state index contributed by atoms with van der Waals surface area (Å²) in [6, 6.07) is 2.10. The lowest BCUT2D eigenvalue weighted by Crippen LogP contribution is -2.07. The summed E-state index contributed by atoms with van der Waals surface area (Å²) in [4.78, 5) is 11.5. The highest BCUT2D eigenvalue weighted by Crippen LogP contribution is 2.12. The number of esters is 1. The first-order valence-electron chi connectivity index (χ1n) is 9.91. The van der Waals surface area contributed by atoms with E-state index in [2.05, 4.69) is 13.0 Å². The van der Waals surface area contributed by atoms with E-state index in [0.29, 0.717) is 19.4 Å². The molecule has 0 radical (unpaired) electrons. The number of nitrogens with zero attached hydrogens (tertiary/aromatic N) is 1. The SMILES string of the molecule is CCCCCCCCCCCCCCOC(=O)CCSCCC#N. The third-order valence-electron chi connectivity index (χ3n) is 4.07. The lowest BCUT2D eigenvalue weighted by Gasteiger charge is -2.05. The van der Waals surface area contributed by atoms with Crippen LogP contribution in [0, 0.1) is 11.3 Å². The number of hydrogen-bond donors (Lipinski definition) is 0. The van der Waals surface area contributed by atoms with Gasteiger partial charge < -0.3 is 4.74 Å². The summed E-state index contributed by atoms with van der Waals surface area (Å²) in [6.45, 7) is 2.83. The maximum Gasteiger partial charge on any atom is 0.306 e. The average Bonchev–Trinajstić information content (AvgIpc) is 2.59. The molecule has 0 bridgehead atoms. The van der Waals surface area contributed by atoms with E-state index >= 15 is 0 Å². The van der Waals surface area contributed by atoms with Crippen molar-refractivity contribution >= 4 is 17.7 Å². The summed E-state index contributed by atoms with van der Waals surface area (Å²) in [6.07, 6.45) is 16.8. The first-order chi connectivity index (χ1) is 11.8. The Morgan fingerprint density at radius 1 is 0.875 bits per heavy atom. The van der Waals surface area contributed by atoms with Crippen LogP contribution in [-0.4, -0.2) is 24.1 Å². The molecule has 0 aromatic carbocycles. The van der Waals surface area contributed by atoms with Crippen molar-refractivity contribution in [1.82, 2.24) is 0 Å². The fourth-order valence-corrected chi connectivity index (χ4v) is 3.33. The molecule has 0 saturated carbocycles. The fourth-order valence-electron chi connectivity index (χ4n) is 2.58. The van der Waals surface area contributed by atoms with E-state index in [-0.39, 0.29) is 5.97 Å². The molecule has 0 aliphatic heterocycles. The van der Waals surface area contributed by atoms with Gasteiger partial charge in [-0.25, -0.2) is 0 Å². The lowest BCUT2D eigenvalue weighted by atomic mass is 10.1. The molecule has 24 heavy (non-hydrogen) atoms. The van der Waals surface area contributed by atoms with Crippen molar-refractivity contribution in [3.8, 4) is 6.07 Å². The fraction of sp³-hybridized carbons (Fsp3) is 0.900. The van der Waals surface area contributed by atoms with Gasteiger partial charge in [0.1, 0.15) is 0 Å². The van der Waals surface area contributed by atoms with E-state index in [1.165, 1.54) is 70.6 Å². The predicted octanol–water partition coefficient (Wildman–Crippen LogP) is 6.27. The molecule has 0 aromatic heterocycles. The van der Waals surface area contributed by atoms with Crippen LogP contribution in [-0.2, 0) is 9.53 Å². The smallest absolute Gasteiger partial charge is 0.306 e. The van der Waals surface area contributed by atoms with Gasteiger partial charge >= 0.3 is 5.97 Å². The summed E-state index contributed by atoms with van der Waals surface area (Å²) in [5.41, 5.74) is 0. The standard InChI is InChI=1S/C20H37NO2S/c1-2-3-4-5-6-7-8-9-10-11-12-13-17-23-20(22)15-19-24-18-14-16-21/h2-15,17-19H2,1H3. The Morgan fingerprint density at radius 3 is 1.96 bits per heavy atom. The third kappa shape index (κ3) is 19.4. The van der Waals surface area contributed by atoms with E-state index in [0.717, 1.165) is 17.9 Å². The van der Waals surface area contributed by atoms with Crippen LogP contribution in [0.25, 0.3) is 0 Å². The summed E-state index contributed by atoms with van der Waals surface area (Å²) in [7, 11) is 0. The summed E-state index contributed by atoms with van der Waals surface area (Å²) < 4.78 is 5.22. The quantitative estimate of drug-likeness (QED) is 0.215. The highest BCUT2D eigenvalue weighted by atomic mass is 32.2. The Hall–Kier alpha value is -0.690. The number of carbonyl (C=O) groups excluding carboxylic acids is 1. The normalized spacial score (nSPS) is 10.5. The number of ether oxygens (including phenoxy) is 1. The van der Waals surface area contributed by atoms with Crippen molar-refractivity contribution in [2.24, 2.45) is 0 Å². The molecule has 0 amide bonds. The van der Waals surface area contributed by atoms with Gasteiger partial charge in [0, 0.05) is 17.9 Å². The van der Waals surface area contributed by atoms with Crippen LogP contribution in [0.15, 0.2) is 0 Å². The topological polar surface area (TPSA) is 50.1 Å². The van der Waals surface area contributed by atoms with Gasteiger partial charge in [0.05, 0.1) is 19.1 Å². The van der Waals surface area contributed by atoms with Gasteiger partial charge in [-0.15, -0.1) is 0 Å². The zero-order valence-electron chi connectivity index (χ0n) is 15.7. The minimum atomic E-state index is -0.0949. The second-order valence-corrected chi connectivity index (χ2v) is 7.60. The van der Waals surface area contributed by atoms with Crippen molar-refractivity contribution < 1.29 is 9.53 Å². The number of carbonyl (C=O) groups is 1. The van der Waals surface area contributed by atoms with Crippen LogP contribution in [0.2, 0.25) is 0 Å². The summed E-state index contributed by atoms with van der Waals surface area (Å²) >= 11 is 1.64. The Labute approximate surface area is 153 Å². The first-order valence-corrected chi connectivity index (χ1v) is 11.1. The van der Waals surface area contributed by atoms with Gasteiger partial charge in [-0.05, 0) is 6.42 Å².